The molecular formula is C14H16N2O3S. The Balaban J connectivity index is 2.10. The van der Waals surface area contributed by atoms with Gasteiger partial charge in [0.15, 0.2) is 5.76 Å². The Hall–Kier alpha value is -1.95. The van der Waals surface area contributed by atoms with Crippen LogP contribution in [0.5, 0.6) is 0 Å². The predicted octanol–water partition coefficient (Wildman–Crippen LogP) is 2.80. The minimum atomic E-state index is -0.669. The summed E-state index contributed by atoms with van der Waals surface area (Å²) in [7, 11) is 0. The van der Waals surface area contributed by atoms with Gasteiger partial charge in [0.25, 0.3) is 11.7 Å². The maximum atomic E-state index is 11.9. The number of thiazole rings is 1. The Morgan fingerprint density at radius 3 is 2.70 bits per heavy atom. The molecule has 1 N–H and O–H groups in total. The quantitative estimate of drug-likeness (QED) is 0.679. The van der Waals surface area contributed by atoms with E-state index in [1.807, 2.05) is 20.8 Å². The number of hydrogen-bond acceptors (Lipinski definition) is 5. The maximum absolute atomic E-state index is 11.9. The van der Waals surface area contributed by atoms with E-state index in [2.05, 4.69) is 10.3 Å². The van der Waals surface area contributed by atoms with E-state index in [9.17, 15) is 9.59 Å². The average molecular weight is 292 g/mol. The van der Waals surface area contributed by atoms with E-state index in [4.69, 9.17) is 4.42 Å². The van der Waals surface area contributed by atoms with Crippen LogP contribution in [0.25, 0.3) is 0 Å². The molecule has 0 radical (unpaired) electrons. The van der Waals surface area contributed by atoms with Gasteiger partial charge in [0, 0.05) is 4.88 Å². The van der Waals surface area contributed by atoms with E-state index < -0.39 is 11.7 Å². The smallest absolute Gasteiger partial charge is 0.296 e. The molecule has 0 aliphatic carbocycles. The van der Waals surface area contributed by atoms with Crippen molar-refractivity contribution in [2.75, 3.05) is 0 Å². The van der Waals surface area contributed by atoms with Crippen molar-refractivity contribution in [2.24, 2.45) is 0 Å². The molecule has 0 spiro atoms. The van der Waals surface area contributed by atoms with Crippen molar-refractivity contribution in [3.05, 3.63) is 39.7 Å². The lowest BCUT2D eigenvalue weighted by molar-refractivity contribution is -0.117. The second kappa shape index (κ2) is 6.00. The van der Waals surface area contributed by atoms with E-state index in [0.29, 0.717) is 6.42 Å². The van der Waals surface area contributed by atoms with Crippen LogP contribution in [-0.2, 0) is 4.79 Å². The van der Waals surface area contributed by atoms with E-state index in [1.54, 1.807) is 6.07 Å². The molecule has 0 saturated carbocycles. The van der Waals surface area contributed by atoms with Gasteiger partial charge in [-0.1, -0.05) is 6.92 Å². The molecular weight excluding hydrogens is 276 g/mol. The summed E-state index contributed by atoms with van der Waals surface area (Å²) in [5.41, 5.74) is 0.954. The van der Waals surface area contributed by atoms with Crippen LogP contribution in [0, 0.1) is 13.8 Å². The number of nitrogens with one attached hydrogen (secondary N) is 1. The van der Waals surface area contributed by atoms with Gasteiger partial charge in [-0.25, -0.2) is 4.98 Å². The highest BCUT2D eigenvalue weighted by Gasteiger charge is 2.24. The number of carbonyl (C=O) groups excluding carboxylic acids is 2. The number of ketones is 1. The Morgan fingerprint density at radius 2 is 2.20 bits per heavy atom. The molecule has 20 heavy (non-hydrogen) atoms. The van der Waals surface area contributed by atoms with Gasteiger partial charge in [0.1, 0.15) is 5.01 Å². The van der Waals surface area contributed by atoms with Gasteiger partial charge in [-0.2, -0.15) is 0 Å². The van der Waals surface area contributed by atoms with Crippen LogP contribution in [0.15, 0.2) is 22.8 Å². The van der Waals surface area contributed by atoms with Crippen LogP contribution in [0.1, 0.15) is 45.5 Å². The monoisotopic (exact) mass is 292 g/mol. The first kappa shape index (κ1) is 14.5. The molecule has 1 atom stereocenters. The number of rotatable bonds is 5. The standard InChI is InChI=1S/C14H16N2O3S/c1-4-10(14-15-8(2)9(3)20-14)16-13(18)12(17)11-6-5-7-19-11/h5-7,10H,4H2,1-3H3,(H,16,18). The summed E-state index contributed by atoms with van der Waals surface area (Å²) in [4.78, 5) is 29.3. The largest absolute Gasteiger partial charge is 0.461 e. The van der Waals surface area contributed by atoms with Crippen LogP contribution in [0.3, 0.4) is 0 Å². The van der Waals surface area contributed by atoms with Gasteiger partial charge in [0.2, 0.25) is 0 Å². The maximum Gasteiger partial charge on any atom is 0.296 e. The fraction of sp³-hybridized carbons (Fsp3) is 0.357. The number of Topliss-reactive ketones (excluding diaryl/α,β-unsaturated/α-hetero) is 1. The van der Waals surface area contributed by atoms with Crippen LogP contribution >= 0.6 is 11.3 Å². The molecule has 0 aliphatic rings. The fourth-order valence-electron chi connectivity index (χ4n) is 1.73. The molecule has 106 valence electrons. The third-order valence-electron chi connectivity index (χ3n) is 3.01. The topological polar surface area (TPSA) is 72.2 Å². The van der Waals surface area contributed by atoms with Crippen LogP contribution < -0.4 is 5.32 Å². The molecule has 0 bridgehead atoms. The lowest BCUT2D eigenvalue weighted by atomic mass is 10.2. The first-order valence-electron chi connectivity index (χ1n) is 6.35. The predicted molar refractivity (Wildman–Crippen MR) is 75.8 cm³/mol. The van der Waals surface area contributed by atoms with Crippen LogP contribution in [0.2, 0.25) is 0 Å². The molecule has 2 heterocycles. The second-order valence-electron chi connectivity index (χ2n) is 4.43. The van der Waals surface area contributed by atoms with Gasteiger partial charge in [-0.3, -0.25) is 9.59 Å². The number of carbonyl (C=O) groups is 2. The van der Waals surface area contributed by atoms with E-state index in [1.165, 1.54) is 23.7 Å². The third kappa shape index (κ3) is 2.96. The highest BCUT2D eigenvalue weighted by atomic mass is 32.1. The molecule has 0 fully saturated rings. The molecule has 0 saturated heterocycles. The zero-order chi connectivity index (χ0) is 14.7. The Kier molecular flexibility index (Phi) is 4.34. The van der Waals surface area contributed by atoms with Crippen LogP contribution in [-0.4, -0.2) is 16.7 Å². The number of aryl methyl sites for hydroxylation is 2. The van der Waals surface area contributed by atoms with E-state index >= 15 is 0 Å². The van der Waals surface area contributed by atoms with Crippen molar-refractivity contribution in [2.45, 2.75) is 33.2 Å². The molecule has 5 nitrogen and oxygen atoms in total. The zero-order valence-corrected chi connectivity index (χ0v) is 12.4. The summed E-state index contributed by atoms with van der Waals surface area (Å²) < 4.78 is 4.94. The lowest BCUT2D eigenvalue weighted by Gasteiger charge is -2.13. The minimum Gasteiger partial charge on any atom is -0.461 e. The molecule has 0 aliphatic heterocycles. The molecule has 1 amide bonds. The number of nitrogens with zero attached hydrogens (tertiary/aromatic N) is 1. The van der Waals surface area contributed by atoms with E-state index in [-0.39, 0.29) is 11.8 Å². The van der Waals surface area contributed by atoms with E-state index in [0.717, 1.165) is 15.6 Å². The van der Waals surface area contributed by atoms with Gasteiger partial charge in [-0.05, 0) is 32.4 Å². The lowest BCUT2D eigenvalue weighted by Crippen LogP contribution is -2.34. The van der Waals surface area contributed by atoms with Gasteiger partial charge in [-0.15, -0.1) is 11.3 Å². The number of aromatic nitrogens is 1. The molecule has 2 rings (SSSR count). The summed E-state index contributed by atoms with van der Waals surface area (Å²) >= 11 is 1.54. The molecule has 2 aromatic rings. The molecule has 2 aromatic heterocycles. The van der Waals surface area contributed by atoms with Crippen molar-refractivity contribution in [1.82, 2.24) is 10.3 Å². The normalized spacial score (nSPS) is 12.2. The Labute approximate surface area is 121 Å². The number of hydrogen-bond donors (Lipinski definition) is 1. The van der Waals surface area contributed by atoms with Crippen LogP contribution in [0.4, 0.5) is 0 Å². The first-order valence-corrected chi connectivity index (χ1v) is 7.17. The van der Waals surface area contributed by atoms with Crippen molar-refractivity contribution >= 4 is 23.0 Å². The van der Waals surface area contributed by atoms with Crippen molar-refractivity contribution in [3.8, 4) is 0 Å². The van der Waals surface area contributed by atoms with Gasteiger partial charge < -0.3 is 9.73 Å². The van der Waals surface area contributed by atoms with Gasteiger partial charge in [0.05, 0.1) is 18.0 Å². The number of amides is 1. The van der Waals surface area contributed by atoms with Gasteiger partial charge >= 0.3 is 0 Å². The van der Waals surface area contributed by atoms with Crippen molar-refractivity contribution in [1.29, 1.82) is 0 Å². The minimum absolute atomic E-state index is 0.0452. The first-order chi connectivity index (χ1) is 9.52. The van der Waals surface area contributed by atoms with Crippen molar-refractivity contribution < 1.29 is 14.0 Å². The molecule has 0 aromatic carbocycles. The highest BCUT2D eigenvalue weighted by Crippen LogP contribution is 2.24. The molecule has 1 unspecified atom stereocenters. The third-order valence-corrected chi connectivity index (χ3v) is 4.19. The fourth-order valence-corrected chi connectivity index (χ4v) is 2.79. The SMILES string of the molecule is CCC(NC(=O)C(=O)c1ccco1)c1nc(C)c(C)s1. The number of furan rings is 1. The molecule has 6 heteroatoms. The zero-order valence-electron chi connectivity index (χ0n) is 11.6. The summed E-state index contributed by atoms with van der Waals surface area (Å²) in [6.45, 7) is 5.85. The summed E-state index contributed by atoms with van der Waals surface area (Å²) in [5, 5.41) is 3.53. The Bertz CT molecular complexity index is 597. The van der Waals surface area contributed by atoms with Crippen molar-refractivity contribution in [3.63, 3.8) is 0 Å². The summed E-state index contributed by atoms with van der Waals surface area (Å²) in [6, 6.07) is 2.80. The average Bonchev–Trinajstić information content (AvgIpc) is 3.06. The Morgan fingerprint density at radius 1 is 1.45 bits per heavy atom. The second-order valence-corrected chi connectivity index (χ2v) is 5.67. The summed E-state index contributed by atoms with van der Waals surface area (Å²) in [6.07, 6.45) is 2.04. The summed E-state index contributed by atoms with van der Waals surface area (Å²) in [5.74, 6) is -1.29. The highest BCUT2D eigenvalue weighted by molar-refractivity contribution is 7.11.